The summed E-state index contributed by atoms with van der Waals surface area (Å²) in [6, 6.07) is 0.213. The van der Waals surface area contributed by atoms with Crippen molar-refractivity contribution in [1.29, 1.82) is 0 Å². The molecule has 84 valence electrons. The summed E-state index contributed by atoms with van der Waals surface area (Å²) in [6.07, 6.45) is 2.18. The second-order valence-corrected chi connectivity index (χ2v) is 4.32. The monoisotopic (exact) mass is 209 g/mol. The molecule has 1 aromatic heterocycles. The van der Waals surface area contributed by atoms with Crippen LogP contribution >= 0.6 is 0 Å². The van der Waals surface area contributed by atoms with E-state index in [0.717, 1.165) is 30.7 Å². The number of rotatable bonds is 5. The van der Waals surface area contributed by atoms with Crippen LogP contribution in [0.5, 0.6) is 0 Å². The van der Waals surface area contributed by atoms with Gasteiger partial charge in [0, 0.05) is 5.92 Å². The Bertz CT molecular complexity index is 323. The Kier molecular flexibility index (Phi) is 3.05. The van der Waals surface area contributed by atoms with Crippen LogP contribution in [0.1, 0.15) is 57.4 Å². The normalized spacial score (nSPS) is 26.6. The Morgan fingerprint density at radius 2 is 2.20 bits per heavy atom. The summed E-state index contributed by atoms with van der Waals surface area (Å²) in [5, 5.41) is 11.6. The predicted molar refractivity (Wildman–Crippen MR) is 57.5 cm³/mol. The minimum absolute atomic E-state index is 0.213. The first-order valence-corrected chi connectivity index (χ1v) is 5.82. The molecule has 1 fully saturated rings. The average molecular weight is 209 g/mol. The Morgan fingerprint density at radius 3 is 2.73 bits per heavy atom. The fourth-order valence-corrected chi connectivity index (χ4v) is 1.86. The SMILES string of the molecule is CCNC(CC)c1nnc(C2CC2C)o1. The number of hydrogen-bond acceptors (Lipinski definition) is 4. The maximum Gasteiger partial charge on any atom is 0.233 e. The molecule has 0 amide bonds. The number of aromatic nitrogens is 2. The Hall–Kier alpha value is -0.900. The van der Waals surface area contributed by atoms with Gasteiger partial charge in [0.25, 0.3) is 0 Å². The topological polar surface area (TPSA) is 51.0 Å². The maximum absolute atomic E-state index is 5.70. The van der Waals surface area contributed by atoms with Crippen LogP contribution in [-0.4, -0.2) is 16.7 Å². The van der Waals surface area contributed by atoms with Crippen LogP contribution in [0.2, 0.25) is 0 Å². The van der Waals surface area contributed by atoms with E-state index in [0.29, 0.717) is 5.92 Å². The van der Waals surface area contributed by atoms with Gasteiger partial charge in [0.05, 0.1) is 6.04 Å². The third kappa shape index (κ3) is 2.20. The van der Waals surface area contributed by atoms with Crippen molar-refractivity contribution in [2.45, 2.75) is 45.6 Å². The van der Waals surface area contributed by atoms with Gasteiger partial charge in [-0.15, -0.1) is 10.2 Å². The Labute approximate surface area is 90.5 Å². The van der Waals surface area contributed by atoms with Crippen LogP contribution in [-0.2, 0) is 0 Å². The van der Waals surface area contributed by atoms with Gasteiger partial charge in [-0.1, -0.05) is 20.8 Å². The van der Waals surface area contributed by atoms with Gasteiger partial charge in [-0.25, -0.2) is 0 Å². The van der Waals surface area contributed by atoms with E-state index in [4.69, 9.17) is 4.42 Å². The van der Waals surface area contributed by atoms with Crippen LogP contribution < -0.4 is 5.32 Å². The first-order chi connectivity index (χ1) is 7.26. The standard InChI is InChI=1S/C11H19N3O/c1-4-9(12-5-2)11-14-13-10(15-11)8-6-7(8)3/h7-9,12H,4-6H2,1-3H3. The molecule has 0 saturated heterocycles. The predicted octanol–water partition coefficient (Wildman–Crippen LogP) is 2.25. The van der Waals surface area contributed by atoms with E-state index in [1.54, 1.807) is 0 Å². The third-order valence-electron chi connectivity index (χ3n) is 3.04. The zero-order chi connectivity index (χ0) is 10.8. The molecule has 1 N–H and O–H groups in total. The summed E-state index contributed by atoms with van der Waals surface area (Å²) >= 11 is 0. The van der Waals surface area contributed by atoms with Crippen molar-refractivity contribution in [3.05, 3.63) is 11.8 Å². The summed E-state index contributed by atoms with van der Waals surface area (Å²) in [5.74, 6) is 2.81. The lowest BCUT2D eigenvalue weighted by atomic mass is 10.2. The van der Waals surface area contributed by atoms with E-state index in [1.165, 1.54) is 6.42 Å². The van der Waals surface area contributed by atoms with E-state index in [1.807, 2.05) is 0 Å². The van der Waals surface area contributed by atoms with Gasteiger partial charge >= 0.3 is 0 Å². The van der Waals surface area contributed by atoms with Crippen LogP contribution in [0.15, 0.2) is 4.42 Å². The molecule has 4 nitrogen and oxygen atoms in total. The molecule has 0 aliphatic heterocycles. The largest absolute Gasteiger partial charge is 0.423 e. The fourth-order valence-electron chi connectivity index (χ4n) is 1.86. The molecule has 2 rings (SSSR count). The van der Waals surface area contributed by atoms with E-state index >= 15 is 0 Å². The van der Waals surface area contributed by atoms with E-state index in [9.17, 15) is 0 Å². The van der Waals surface area contributed by atoms with Crippen LogP contribution in [0, 0.1) is 5.92 Å². The lowest BCUT2D eigenvalue weighted by Crippen LogP contribution is -2.20. The molecule has 0 aromatic carbocycles. The summed E-state index contributed by atoms with van der Waals surface area (Å²) in [6.45, 7) is 7.35. The lowest BCUT2D eigenvalue weighted by Gasteiger charge is -2.09. The van der Waals surface area contributed by atoms with Crippen molar-refractivity contribution in [2.75, 3.05) is 6.54 Å². The second-order valence-electron chi connectivity index (χ2n) is 4.32. The molecule has 3 unspecified atom stereocenters. The maximum atomic E-state index is 5.70. The van der Waals surface area contributed by atoms with Gasteiger partial charge in [-0.05, 0) is 25.3 Å². The average Bonchev–Trinajstić information content (AvgIpc) is 2.80. The first-order valence-electron chi connectivity index (χ1n) is 5.82. The molecule has 1 heterocycles. The highest BCUT2D eigenvalue weighted by Crippen LogP contribution is 2.46. The number of hydrogen-bond donors (Lipinski definition) is 1. The summed E-state index contributed by atoms with van der Waals surface area (Å²) < 4.78 is 5.70. The second kappa shape index (κ2) is 4.31. The Balaban J connectivity index is 2.04. The van der Waals surface area contributed by atoms with E-state index < -0.39 is 0 Å². The van der Waals surface area contributed by atoms with E-state index in [2.05, 4.69) is 36.3 Å². The van der Waals surface area contributed by atoms with Crippen LogP contribution in [0.25, 0.3) is 0 Å². The molecular formula is C11H19N3O. The van der Waals surface area contributed by atoms with Crippen molar-refractivity contribution < 1.29 is 4.42 Å². The summed E-state index contributed by atoms with van der Waals surface area (Å²) in [4.78, 5) is 0. The quantitative estimate of drug-likeness (QED) is 0.808. The molecule has 0 bridgehead atoms. The Morgan fingerprint density at radius 1 is 1.47 bits per heavy atom. The minimum Gasteiger partial charge on any atom is -0.423 e. The van der Waals surface area contributed by atoms with Gasteiger partial charge in [-0.2, -0.15) is 0 Å². The van der Waals surface area contributed by atoms with Gasteiger partial charge in [0.15, 0.2) is 0 Å². The molecule has 0 radical (unpaired) electrons. The highest BCUT2D eigenvalue weighted by Gasteiger charge is 2.39. The summed E-state index contributed by atoms with van der Waals surface area (Å²) in [7, 11) is 0. The van der Waals surface area contributed by atoms with Crippen LogP contribution in [0.3, 0.4) is 0 Å². The lowest BCUT2D eigenvalue weighted by molar-refractivity contribution is 0.375. The van der Waals surface area contributed by atoms with Crippen molar-refractivity contribution >= 4 is 0 Å². The number of nitrogens with one attached hydrogen (secondary N) is 1. The highest BCUT2D eigenvalue weighted by atomic mass is 16.4. The molecule has 1 saturated carbocycles. The van der Waals surface area contributed by atoms with Crippen molar-refractivity contribution in [2.24, 2.45) is 5.92 Å². The summed E-state index contributed by atoms with van der Waals surface area (Å²) in [5.41, 5.74) is 0. The molecule has 1 aromatic rings. The van der Waals surface area contributed by atoms with Gasteiger partial charge < -0.3 is 9.73 Å². The smallest absolute Gasteiger partial charge is 0.233 e. The fraction of sp³-hybridized carbons (Fsp3) is 0.818. The zero-order valence-corrected chi connectivity index (χ0v) is 9.66. The van der Waals surface area contributed by atoms with Gasteiger partial charge in [-0.3, -0.25) is 0 Å². The number of nitrogens with zero attached hydrogens (tertiary/aromatic N) is 2. The molecule has 15 heavy (non-hydrogen) atoms. The van der Waals surface area contributed by atoms with Crippen LogP contribution in [0.4, 0.5) is 0 Å². The van der Waals surface area contributed by atoms with Crippen molar-refractivity contribution in [1.82, 2.24) is 15.5 Å². The highest BCUT2D eigenvalue weighted by molar-refractivity contribution is 5.05. The molecule has 1 aliphatic carbocycles. The molecular weight excluding hydrogens is 190 g/mol. The molecule has 0 spiro atoms. The van der Waals surface area contributed by atoms with Gasteiger partial charge in [0.1, 0.15) is 0 Å². The molecule has 3 atom stereocenters. The van der Waals surface area contributed by atoms with Gasteiger partial charge in [0.2, 0.25) is 11.8 Å². The molecule has 1 aliphatic rings. The van der Waals surface area contributed by atoms with Crippen molar-refractivity contribution in [3.8, 4) is 0 Å². The zero-order valence-electron chi connectivity index (χ0n) is 9.66. The first kappa shape index (κ1) is 10.6. The minimum atomic E-state index is 0.213. The molecule has 4 heteroatoms. The van der Waals surface area contributed by atoms with Crippen molar-refractivity contribution in [3.63, 3.8) is 0 Å². The third-order valence-corrected chi connectivity index (χ3v) is 3.04. The van der Waals surface area contributed by atoms with E-state index in [-0.39, 0.29) is 6.04 Å².